The van der Waals surface area contributed by atoms with Crippen LogP contribution in [-0.2, 0) is 21.4 Å². The van der Waals surface area contributed by atoms with E-state index < -0.39 is 45.1 Å². The van der Waals surface area contributed by atoms with Gasteiger partial charge in [0.1, 0.15) is 23.2 Å². The van der Waals surface area contributed by atoms with Crippen LogP contribution in [0.3, 0.4) is 0 Å². The highest BCUT2D eigenvalue weighted by Gasteiger charge is 2.27. The summed E-state index contributed by atoms with van der Waals surface area (Å²) in [5.41, 5.74) is -0.163. The molecular formula is C19H21F2N3O4S. The molecule has 2 rings (SSSR count). The summed E-state index contributed by atoms with van der Waals surface area (Å²) in [5, 5.41) is 9.98. The Labute approximate surface area is 167 Å². The van der Waals surface area contributed by atoms with Crippen LogP contribution in [0.5, 0.6) is 0 Å². The maximum absolute atomic E-state index is 13.8. The molecule has 4 N–H and O–H groups in total. The summed E-state index contributed by atoms with van der Waals surface area (Å²) in [4.78, 5) is 24.7. The van der Waals surface area contributed by atoms with Crippen molar-refractivity contribution in [2.45, 2.75) is 31.3 Å². The number of amides is 2. The predicted molar refractivity (Wildman–Crippen MR) is 102 cm³/mol. The van der Waals surface area contributed by atoms with Crippen LogP contribution in [0, 0.1) is 17.6 Å². The Bertz CT molecular complexity index is 988. The Morgan fingerprint density at radius 2 is 1.59 bits per heavy atom. The van der Waals surface area contributed by atoms with E-state index in [0.717, 1.165) is 18.2 Å². The number of primary sulfonamides is 1. The van der Waals surface area contributed by atoms with Crippen molar-refractivity contribution in [3.05, 3.63) is 65.2 Å². The fraction of sp³-hybridized carbons (Fsp3) is 0.263. The molecule has 7 nitrogen and oxygen atoms in total. The first-order valence-corrected chi connectivity index (χ1v) is 10.2. The summed E-state index contributed by atoms with van der Waals surface area (Å²) in [7, 11) is -3.82. The minimum Gasteiger partial charge on any atom is -0.350 e. The van der Waals surface area contributed by atoms with Crippen LogP contribution in [0.25, 0.3) is 0 Å². The fourth-order valence-electron chi connectivity index (χ4n) is 2.56. The monoisotopic (exact) mass is 425 g/mol. The maximum Gasteiger partial charge on any atom is 0.257 e. The largest absolute Gasteiger partial charge is 0.350 e. The van der Waals surface area contributed by atoms with Crippen LogP contribution in [0.1, 0.15) is 29.8 Å². The summed E-state index contributed by atoms with van der Waals surface area (Å²) < 4.78 is 50.1. The van der Waals surface area contributed by atoms with Crippen molar-refractivity contribution in [2.24, 2.45) is 11.1 Å². The highest BCUT2D eigenvalue weighted by atomic mass is 32.2. The third kappa shape index (κ3) is 5.81. The zero-order chi connectivity index (χ0) is 21.8. The lowest BCUT2D eigenvalue weighted by Crippen LogP contribution is -2.49. The summed E-state index contributed by atoms with van der Waals surface area (Å²) in [6.45, 7) is 3.39. The molecule has 0 spiro atoms. The van der Waals surface area contributed by atoms with Gasteiger partial charge in [0.05, 0.1) is 4.90 Å². The highest BCUT2D eigenvalue weighted by molar-refractivity contribution is 7.89. The Morgan fingerprint density at radius 3 is 2.07 bits per heavy atom. The number of carbonyl (C=O) groups is 2. The lowest BCUT2D eigenvalue weighted by Gasteiger charge is -2.22. The van der Waals surface area contributed by atoms with Crippen LogP contribution in [0.15, 0.2) is 47.4 Å². The number of rotatable bonds is 7. The van der Waals surface area contributed by atoms with Gasteiger partial charge in [-0.3, -0.25) is 9.59 Å². The van der Waals surface area contributed by atoms with Crippen molar-refractivity contribution in [3.8, 4) is 0 Å². The van der Waals surface area contributed by atoms with Gasteiger partial charge in [0.2, 0.25) is 15.9 Å². The van der Waals surface area contributed by atoms with Crippen molar-refractivity contribution in [2.75, 3.05) is 0 Å². The number of benzene rings is 2. The van der Waals surface area contributed by atoms with Gasteiger partial charge >= 0.3 is 0 Å². The second-order valence-corrected chi connectivity index (χ2v) is 8.26. The molecule has 0 aliphatic carbocycles. The van der Waals surface area contributed by atoms with Gasteiger partial charge in [0.25, 0.3) is 5.91 Å². The van der Waals surface area contributed by atoms with Crippen molar-refractivity contribution in [1.82, 2.24) is 10.6 Å². The topological polar surface area (TPSA) is 118 Å². The second kappa shape index (κ2) is 9.10. The van der Waals surface area contributed by atoms with E-state index in [0.29, 0.717) is 5.56 Å². The van der Waals surface area contributed by atoms with Crippen molar-refractivity contribution in [3.63, 3.8) is 0 Å². The fourth-order valence-corrected chi connectivity index (χ4v) is 3.07. The molecule has 0 unspecified atom stereocenters. The molecule has 1 atom stereocenters. The number of nitrogens with one attached hydrogen (secondary N) is 2. The number of carbonyl (C=O) groups excluding carboxylic acids is 2. The van der Waals surface area contributed by atoms with E-state index in [1.165, 1.54) is 24.3 Å². The summed E-state index contributed by atoms with van der Waals surface area (Å²) in [6, 6.07) is 7.58. The van der Waals surface area contributed by atoms with Gasteiger partial charge in [-0.15, -0.1) is 0 Å². The van der Waals surface area contributed by atoms with Gasteiger partial charge in [0.15, 0.2) is 0 Å². The first-order valence-electron chi connectivity index (χ1n) is 8.65. The molecule has 156 valence electrons. The molecule has 0 heterocycles. The Morgan fingerprint density at radius 1 is 1.03 bits per heavy atom. The standard InChI is InChI=1S/C19H21F2N3O4S/c1-11(2)17(24-18(25)16-14(20)4-3-5-15(16)21)19(26)23-10-12-6-8-13(9-7-12)29(22,27)28/h3-9,11,17H,10H2,1-2H3,(H,23,26)(H,24,25)(H2,22,27,28)/t17-/m1/s1. The maximum atomic E-state index is 13.8. The molecule has 0 radical (unpaired) electrons. The number of halogens is 2. The molecule has 0 fully saturated rings. The summed E-state index contributed by atoms with van der Waals surface area (Å²) in [6.07, 6.45) is 0. The predicted octanol–water partition coefficient (Wildman–Crippen LogP) is 1.68. The molecule has 2 amide bonds. The summed E-state index contributed by atoms with van der Waals surface area (Å²) in [5.74, 6) is -4.01. The Hall–Kier alpha value is -2.85. The van der Waals surface area contributed by atoms with Gasteiger partial charge < -0.3 is 10.6 Å². The first kappa shape index (κ1) is 22.4. The number of sulfonamides is 1. The van der Waals surface area contributed by atoms with Crippen LogP contribution >= 0.6 is 0 Å². The molecule has 0 saturated carbocycles. The number of nitrogens with two attached hydrogens (primary N) is 1. The van der Waals surface area contributed by atoms with Gasteiger partial charge in [-0.2, -0.15) is 0 Å². The molecule has 0 aromatic heterocycles. The zero-order valence-electron chi connectivity index (χ0n) is 15.8. The van der Waals surface area contributed by atoms with Crippen LogP contribution in [-0.4, -0.2) is 26.3 Å². The summed E-state index contributed by atoms with van der Waals surface area (Å²) >= 11 is 0. The molecule has 0 aliphatic heterocycles. The van der Waals surface area contributed by atoms with Crippen LogP contribution < -0.4 is 15.8 Å². The minimum absolute atomic E-state index is 0.0525. The lowest BCUT2D eigenvalue weighted by atomic mass is 10.0. The van der Waals surface area contributed by atoms with Gasteiger partial charge in [-0.05, 0) is 35.7 Å². The Balaban J connectivity index is 2.07. The van der Waals surface area contributed by atoms with E-state index in [4.69, 9.17) is 5.14 Å². The van der Waals surface area contributed by atoms with Crippen LogP contribution in [0.2, 0.25) is 0 Å². The van der Waals surface area contributed by atoms with Crippen LogP contribution in [0.4, 0.5) is 8.78 Å². The molecule has 0 bridgehead atoms. The zero-order valence-corrected chi connectivity index (χ0v) is 16.6. The first-order chi connectivity index (χ1) is 13.5. The molecule has 2 aromatic carbocycles. The van der Waals surface area contributed by atoms with E-state index in [1.807, 2.05) is 0 Å². The molecule has 0 aliphatic rings. The normalized spacial score (nSPS) is 12.5. The van der Waals surface area contributed by atoms with Gasteiger partial charge in [0, 0.05) is 6.54 Å². The molecule has 2 aromatic rings. The molecular weight excluding hydrogens is 404 g/mol. The average molecular weight is 425 g/mol. The second-order valence-electron chi connectivity index (χ2n) is 6.70. The smallest absolute Gasteiger partial charge is 0.257 e. The van der Waals surface area contributed by atoms with Gasteiger partial charge in [-0.1, -0.05) is 32.0 Å². The van der Waals surface area contributed by atoms with E-state index >= 15 is 0 Å². The minimum atomic E-state index is -3.82. The molecule has 29 heavy (non-hydrogen) atoms. The van der Waals surface area contributed by atoms with Crippen molar-refractivity contribution >= 4 is 21.8 Å². The molecule has 0 saturated heterocycles. The lowest BCUT2D eigenvalue weighted by molar-refractivity contribution is -0.124. The Kier molecular flexibility index (Phi) is 7.04. The van der Waals surface area contributed by atoms with E-state index in [2.05, 4.69) is 10.6 Å². The van der Waals surface area contributed by atoms with Crippen molar-refractivity contribution in [1.29, 1.82) is 0 Å². The quantitative estimate of drug-likeness (QED) is 0.625. The van der Waals surface area contributed by atoms with E-state index in [-0.39, 0.29) is 17.4 Å². The molecule has 10 heteroatoms. The average Bonchev–Trinajstić information content (AvgIpc) is 2.63. The van der Waals surface area contributed by atoms with Crippen molar-refractivity contribution < 1.29 is 26.8 Å². The van der Waals surface area contributed by atoms with Gasteiger partial charge in [-0.25, -0.2) is 22.3 Å². The van der Waals surface area contributed by atoms with E-state index in [9.17, 15) is 26.8 Å². The number of hydrogen-bond donors (Lipinski definition) is 3. The third-order valence-corrected chi connectivity index (χ3v) is 5.07. The highest BCUT2D eigenvalue weighted by Crippen LogP contribution is 2.14. The third-order valence-electron chi connectivity index (χ3n) is 4.14. The SMILES string of the molecule is CC(C)[C@@H](NC(=O)c1c(F)cccc1F)C(=O)NCc1ccc(S(N)(=O)=O)cc1. The van der Waals surface area contributed by atoms with E-state index in [1.54, 1.807) is 13.8 Å². The number of hydrogen-bond acceptors (Lipinski definition) is 4.